The van der Waals surface area contributed by atoms with Crippen LogP contribution in [0.4, 0.5) is 39.5 Å². The van der Waals surface area contributed by atoms with Gasteiger partial charge in [-0.25, -0.2) is 0 Å². The van der Waals surface area contributed by atoms with Crippen molar-refractivity contribution >= 4 is 38.0 Å². The maximum absolute atomic E-state index is 12.0. The first kappa shape index (κ1) is 22.6. The van der Waals surface area contributed by atoms with Crippen LogP contribution in [0.3, 0.4) is 0 Å². The molecule has 0 unspecified atom stereocenters. The van der Waals surface area contributed by atoms with E-state index in [0.29, 0.717) is 0 Å². The van der Waals surface area contributed by atoms with Crippen LogP contribution in [-0.2, 0) is 10.1 Å². The zero-order valence-corrected chi connectivity index (χ0v) is 12.6. The summed E-state index contributed by atoms with van der Waals surface area (Å²) in [5.74, 6) is -13.3. The zero-order valence-electron chi connectivity index (χ0n) is 9.78. The average Bonchev–Trinajstić information content (AvgIpc) is 2.13. The molecule has 14 heteroatoms. The molecule has 0 saturated carbocycles. The van der Waals surface area contributed by atoms with Crippen molar-refractivity contribution in [3.63, 3.8) is 0 Å². The summed E-state index contributed by atoms with van der Waals surface area (Å²) < 4.78 is 127. The first-order chi connectivity index (χ1) is 8.31. The SMILES string of the molecule is CCS(=O)(=O)O.FC(F)(F)C(F)(F)C(F)(F)[C](F)(F)[Na]. The molecule has 0 atom stereocenters. The van der Waals surface area contributed by atoms with E-state index in [9.17, 15) is 47.9 Å². The fourth-order valence-corrected chi connectivity index (χ4v) is 0.768. The van der Waals surface area contributed by atoms with Crippen LogP contribution in [0.15, 0.2) is 0 Å². The average molecular weight is 352 g/mol. The molecule has 0 saturated heterocycles. The zero-order chi connectivity index (χ0) is 17.2. The molecule has 0 heterocycles. The van der Waals surface area contributed by atoms with Gasteiger partial charge >= 0.3 is 88.6 Å². The van der Waals surface area contributed by atoms with Gasteiger partial charge in [0.2, 0.25) is 0 Å². The van der Waals surface area contributed by atoms with Crippen molar-refractivity contribution in [2.45, 2.75) is 28.1 Å². The third-order valence-corrected chi connectivity index (χ3v) is 3.02. The molecule has 118 valence electrons. The van der Waals surface area contributed by atoms with Crippen LogP contribution in [-0.4, -0.2) is 67.8 Å². The summed E-state index contributed by atoms with van der Waals surface area (Å²) in [5.41, 5.74) is 0. The van der Waals surface area contributed by atoms with Crippen LogP contribution in [0.25, 0.3) is 0 Å². The molecule has 0 aliphatic heterocycles. The van der Waals surface area contributed by atoms with Crippen molar-refractivity contribution in [1.82, 2.24) is 0 Å². The second kappa shape index (κ2) is 6.58. The predicted octanol–water partition coefficient (Wildman–Crippen LogP) is 2.47. The summed E-state index contributed by atoms with van der Waals surface area (Å²) >= 11 is -1.81. The Balaban J connectivity index is 0. The van der Waals surface area contributed by atoms with Crippen LogP contribution >= 0.6 is 0 Å². The number of rotatable bonds is 3. The van der Waals surface area contributed by atoms with Crippen LogP contribution in [0.5, 0.6) is 0 Å². The van der Waals surface area contributed by atoms with E-state index in [1.54, 1.807) is 0 Å². The van der Waals surface area contributed by atoms with Gasteiger partial charge in [-0.3, -0.25) is 4.55 Å². The normalized spacial score (nSPS) is 14.7. The Morgan fingerprint density at radius 2 is 1.15 bits per heavy atom. The number of halogens is 9. The second-order valence-corrected chi connectivity index (χ2v) is 6.40. The van der Waals surface area contributed by atoms with E-state index >= 15 is 0 Å². The van der Waals surface area contributed by atoms with Gasteiger partial charge in [0.25, 0.3) is 10.1 Å². The molecule has 0 amide bonds. The summed E-state index contributed by atoms with van der Waals surface area (Å²) in [7, 11) is -3.66. The summed E-state index contributed by atoms with van der Waals surface area (Å²) in [6.45, 7) is 1.37. The van der Waals surface area contributed by atoms with Crippen LogP contribution in [0, 0.1) is 0 Å². The van der Waals surface area contributed by atoms with E-state index in [0.717, 1.165) is 0 Å². The summed E-state index contributed by atoms with van der Waals surface area (Å²) in [6.07, 6.45) is -6.70. The maximum atomic E-state index is 12.0. The molecule has 0 aliphatic rings. The Kier molecular flexibility index (Phi) is 7.43. The first-order valence-electron chi connectivity index (χ1n) is 4.46. The van der Waals surface area contributed by atoms with Crippen molar-refractivity contribution in [3.8, 4) is 0 Å². The van der Waals surface area contributed by atoms with Gasteiger partial charge in [0, 0.05) is 0 Å². The third-order valence-electron chi connectivity index (χ3n) is 1.67. The quantitative estimate of drug-likeness (QED) is 0.482. The van der Waals surface area contributed by atoms with Gasteiger partial charge in [-0.2, -0.15) is 8.42 Å². The van der Waals surface area contributed by atoms with Crippen molar-refractivity contribution in [1.29, 1.82) is 0 Å². The molecule has 0 aromatic heterocycles. The van der Waals surface area contributed by atoms with Crippen molar-refractivity contribution < 1.29 is 52.5 Å². The van der Waals surface area contributed by atoms with Crippen molar-refractivity contribution in [2.24, 2.45) is 0 Å². The van der Waals surface area contributed by atoms with Gasteiger partial charge < -0.3 is 0 Å². The van der Waals surface area contributed by atoms with Crippen LogP contribution in [0.1, 0.15) is 6.92 Å². The Bertz CT molecular complexity index is 386. The summed E-state index contributed by atoms with van der Waals surface area (Å²) in [5, 5.41) is 0. The second-order valence-electron chi connectivity index (χ2n) is 3.41. The molecule has 0 radical (unpaired) electrons. The summed E-state index contributed by atoms with van der Waals surface area (Å²) in [4.78, 5) is 0. The minimum absolute atomic E-state index is 0.201. The Hall–Kier alpha value is 0.280. The molecule has 0 spiro atoms. The molecule has 0 aliphatic carbocycles. The summed E-state index contributed by atoms with van der Waals surface area (Å²) in [6, 6.07) is 0. The van der Waals surface area contributed by atoms with E-state index in [-0.39, 0.29) is 5.75 Å². The van der Waals surface area contributed by atoms with Crippen molar-refractivity contribution in [2.75, 3.05) is 5.75 Å². The number of hydrogen-bond acceptors (Lipinski definition) is 2. The molecule has 3 nitrogen and oxygen atoms in total. The first-order valence-corrected chi connectivity index (χ1v) is 7.07. The van der Waals surface area contributed by atoms with Gasteiger partial charge in [-0.1, -0.05) is 0 Å². The molecule has 0 aromatic carbocycles. The number of alkyl halides is 9. The molecule has 1 N–H and O–H groups in total. The minimum atomic E-state index is -6.73. The Morgan fingerprint density at radius 3 is 1.20 bits per heavy atom. The van der Waals surface area contributed by atoms with E-state index < -0.39 is 59.2 Å². The Morgan fingerprint density at radius 1 is 0.900 bits per heavy atom. The molecule has 0 aromatic rings. The van der Waals surface area contributed by atoms with Crippen LogP contribution < -0.4 is 0 Å². The monoisotopic (exact) mass is 352 g/mol. The molecular formula is C6H6F9NaO3S. The Labute approximate surface area is 124 Å². The van der Waals surface area contributed by atoms with Gasteiger partial charge in [0.05, 0.1) is 5.75 Å². The van der Waals surface area contributed by atoms with Gasteiger partial charge in [-0.05, 0) is 6.92 Å². The van der Waals surface area contributed by atoms with Crippen LogP contribution in [0.2, 0.25) is 0 Å². The van der Waals surface area contributed by atoms with Crippen molar-refractivity contribution in [3.05, 3.63) is 0 Å². The number of hydrogen-bond donors (Lipinski definition) is 1. The molecule has 0 bridgehead atoms. The third kappa shape index (κ3) is 5.95. The van der Waals surface area contributed by atoms with E-state index in [1.807, 2.05) is 0 Å². The van der Waals surface area contributed by atoms with Gasteiger partial charge in [0.15, 0.2) is 0 Å². The standard InChI is InChI=1S/C4F9.C2H6O3S.Na/c5-1(6)2(7,8)3(9,10)4(11,12)13;1-2-6(3,4)5;/h;2H2,1H3,(H,3,4,5);. The van der Waals surface area contributed by atoms with E-state index in [1.165, 1.54) is 6.92 Å². The molecule has 0 rings (SSSR count). The van der Waals surface area contributed by atoms with E-state index in [4.69, 9.17) is 4.55 Å². The molecule has 20 heavy (non-hydrogen) atoms. The fraction of sp³-hybridized carbons (Fsp3) is 1.00. The molecular weight excluding hydrogens is 346 g/mol. The van der Waals surface area contributed by atoms with Gasteiger partial charge in [0.1, 0.15) is 0 Å². The van der Waals surface area contributed by atoms with E-state index in [2.05, 4.69) is 0 Å². The topological polar surface area (TPSA) is 54.4 Å². The molecule has 0 fully saturated rings. The predicted molar refractivity (Wildman–Crippen MR) is 48.7 cm³/mol. The van der Waals surface area contributed by atoms with Gasteiger partial charge in [-0.15, -0.1) is 0 Å². The fourth-order valence-electron chi connectivity index (χ4n) is 0.454.